The van der Waals surface area contributed by atoms with E-state index in [2.05, 4.69) is 55.9 Å². The summed E-state index contributed by atoms with van der Waals surface area (Å²) in [5, 5.41) is 3.45. The van der Waals surface area contributed by atoms with Crippen LogP contribution in [0.15, 0.2) is 28.2 Å². The first kappa shape index (κ1) is 16.4. The molecule has 0 bridgehead atoms. The van der Waals surface area contributed by atoms with Crippen LogP contribution in [0.2, 0.25) is 0 Å². The Labute approximate surface area is 124 Å². The summed E-state index contributed by atoms with van der Waals surface area (Å²) >= 11 is 3.28. The van der Waals surface area contributed by atoms with Crippen molar-refractivity contribution in [1.82, 2.24) is 5.32 Å². The number of rotatable bonds is 4. The first-order chi connectivity index (χ1) is 8.69. The Bertz CT molecular complexity index is 458. The minimum atomic E-state index is -0.191. The summed E-state index contributed by atoms with van der Waals surface area (Å²) in [4.78, 5) is 0. The van der Waals surface area contributed by atoms with Gasteiger partial charge in [0.1, 0.15) is 5.82 Å². The summed E-state index contributed by atoms with van der Waals surface area (Å²) in [6.07, 6.45) is 1.95. The van der Waals surface area contributed by atoms with Crippen molar-refractivity contribution in [3.63, 3.8) is 0 Å². The maximum absolute atomic E-state index is 13.9. The molecule has 0 saturated carbocycles. The van der Waals surface area contributed by atoms with Gasteiger partial charge in [-0.05, 0) is 38.8 Å². The number of benzene rings is 1. The molecule has 106 valence electrons. The Morgan fingerprint density at radius 2 is 2.00 bits per heavy atom. The SMILES string of the molecule is CC(C)C(=Cc1ccc(Br)cc1F)CNC(C)(C)C. The second-order valence-corrected chi connectivity index (χ2v) is 7.06. The molecule has 1 nitrogen and oxygen atoms in total. The van der Waals surface area contributed by atoms with Crippen molar-refractivity contribution in [3.05, 3.63) is 39.6 Å². The standard InChI is InChI=1S/C16H23BrFN/c1-11(2)13(10-19-16(3,4)5)8-12-6-7-14(17)9-15(12)18/h6-9,11,19H,10H2,1-5H3. The third kappa shape index (κ3) is 5.87. The fraction of sp³-hybridized carbons (Fsp3) is 0.500. The average Bonchev–Trinajstić information content (AvgIpc) is 2.24. The van der Waals surface area contributed by atoms with E-state index in [4.69, 9.17) is 0 Å². The Kier molecular flexibility index (Phi) is 5.75. The Morgan fingerprint density at radius 3 is 2.47 bits per heavy atom. The van der Waals surface area contributed by atoms with Crippen molar-refractivity contribution >= 4 is 22.0 Å². The van der Waals surface area contributed by atoms with E-state index in [-0.39, 0.29) is 11.4 Å². The van der Waals surface area contributed by atoms with E-state index in [1.54, 1.807) is 6.07 Å². The smallest absolute Gasteiger partial charge is 0.131 e. The van der Waals surface area contributed by atoms with E-state index < -0.39 is 0 Å². The lowest BCUT2D eigenvalue weighted by molar-refractivity contribution is 0.437. The van der Waals surface area contributed by atoms with Crippen LogP contribution in [0.4, 0.5) is 4.39 Å². The molecule has 0 aromatic heterocycles. The molecule has 1 N–H and O–H groups in total. The Morgan fingerprint density at radius 1 is 1.37 bits per heavy atom. The maximum atomic E-state index is 13.9. The first-order valence-corrected chi connectivity index (χ1v) is 7.39. The van der Waals surface area contributed by atoms with Gasteiger partial charge in [0.25, 0.3) is 0 Å². The zero-order valence-corrected chi connectivity index (χ0v) is 13.9. The van der Waals surface area contributed by atoms with Crippen LogP contribution in [0.5, 0.6) is 0 Å². The van der Waals surface area contributed by atoms with Gasteiger partial charge >= 0.3 is 0 Å². The lowest BCUT2D eigenvalue weighted by atomic mass is 9.98. The monoisotopic (exact) mass is 327 g/mol. The van der Waals surface area contributed by atoms with Crippen LogP contribution in [0.1, 0.15) is 40.2 Å². The summed E-state index contributed by atoms with van der Waals surface area (Å²) in [5.74, 6) is 0.196. The molecule has 0 fully saturated rings. The largest absolute Gasteiger partial charge is 0.308 e. The average molecular weight is 328 g/mol. The zero-order valence-electron chi connectivity index (χ0n) is 12.3. The van der Waals surface area contributed by atoms with Crippen LogP contribution in [0.25, 0.3) is 6.08 Å². The molecule has 0 radical (unpaired) electrons. The minimum absolute atomic E-state index is 0.0617. The fourth-order valence-corrected chi connectivity index (χ4v) is 1.94. The van der Waals surface area contributed by atoms with Crippen LogP contribution in [-0.4, -0.2) is 12.1 Å². The lowest BCUT2D eigenvalue weighted by Gasteiger charge is -2.23. The first-order valence-electron chi connectivity index (χ1n) is 6.59. The van der Waals surface area contributed by atoms with Gasteiger partial charge in [0.15, 0.2) is 0 Å². The molecule has 0 atom stereocenters. The van der Waals surface area contributed by atoms with Gasteiger partial charge in [-0.15, -0.1) is 0 Å². The lowest BCUT2D eigenvalue weighted by Crippen LogP contribution is -2.37. The van der Waals surface area contributed by atoms with Crippen molar-refractivity contribution < 1.29 is 4.39 Å². The molecule has 0 amide bonds. The summed E-state index contributed by atoms with van der Waals surface area (Å²) in [5.41, 5.74) is 1.91. The van der Waals surface area contributed by atoms with Crippen LogP contribution in [-0.2, 0) is 0 Å². The molecule has 0 saturated heterocycles. The topological polar surface area (TPSA) is 12.0 Å². The molecule has 0 spiro atoms. The van der Waals surface area contributed by atoms with E-state index in [1.165, 1.54) is 11.6 Å². The predicted octanol–water partition coefficient (Wildman–Crippen LogP) is 5.02. The molecule has 19 heavy (non-hydrogen) atoms. The van der Waals surface area contributed by atoms with Gasteiger partial charge in [-0.3, -0.25) is 0 Å². The Balaban J connectivity index is 2.95. The van der Waals surface area contributed by atoms with Gasteiger partial charge in [0, 0.05) is 22.1 Å². The highest BCUT2D eigenvalue weighted by atomic mass is 79.9. The zero-order chi connectivity index (χ0) is 14.6. The quantitative estimate of drug-likeness (QED) is 0.819. The minimum Gasteiger partial charge on any atom is -0.308 e. The molecular weight excluding hydrogens is 305 g/mol. The molecule has 0 aliphatic heterocycles. The molecule has 1 aromatic rings. The van der Waals surface area contributed by atoms with E-state index in [1.807, 2.05) is 12.1 Å². The second kappa shape index (κ2) is 6.67. The van der Waals surface area contributed by atoms with Gasteiger partial charge in [-0.25, -0.2) is 4.39 Å². The van der Waals surface area contributed by atoms with Crippen molar-refractivity contribution in [3.8, 4) is 0 Å². The Hall–Kier alpha value is -0.670. The van der Waals surface area contributed by atoms with Crippen LogP contribution >= 0.6 is 15.9 Å². The van der Waals surface area contributed by atoms with Gasteiger partial charge in [-0.2, -0.15) is 0 Å². The highest BCUT2D eigenvalue weighted by Gasteiger charge is 2.12. The van der Waals surface area contributed by atoms with E-state index in [9.17, 15) is 4.39 Å². The van der Waals surface area contributed by atoms with Gasteiger partial charge in [0.2, 0.25) is 0 Å². The van der Waals surface area contributed by atoms with Gasteiger partial charge < -0.3 is 5.32 Å². The highest BCUT2D eigenvalue weighted by molar-refractivity contribution is 9.10. The van der Waals surface area contributed by atoms with Crippen LogP contribution in [0.3, 0.4) is 0 Å². The van der Waals surface area contributed by atoms with Gasteiger partial charge in [-0.1, -0.05) is 47.5 Å². The summed E-state index contributed by atoms with van der Waals surface area (Å²) in [6.45, 7) is 11.4. The molecule has 0 heterocycles. The molecule has 1 rings (SSSR count). The van der Waals surface area contributed by atoms with Crippen LogP contribution in [0, 0.1) is 11.7 Å². The van der Waals surface area contributed by atoms with Crippen molar-refractivity contribution in [1.29, 1.82) is 0 Å². The highest BCUT2D eigenvalue weighted by Crippen LogP contribution is 2.20. The predicted molar refractivity (Wildman–Crippen MR) is 84.7 cm³/mol. The molecule has 0 aliphatic rings. The van der Waals surface area contributed by atoms with E-state index in [0.717, 1.165) is 11.0 Å². The van der Waals surface area contributed by atoms with Crippen molar-refractivity contribution in [2.45, 2.75) is 40.2 Å². The maximum Gasteiger partial charge on any atom is 0.131 e. The molecule has 0 aliphatic carbocycles. The molecule has 1 aromatic carbocycles. The van der Waals surface area contributed by atoms with Gasteiger partial charge in [0.05, 0.1) is 0 Å². The second-order valence-electron chi connectivity index (χ2n) is 6.14. The van der Waals surface area contributed by atoms with Crippen molar-refractivity contribution in [2.24, 2.45) is 5.92 Å². The third-order valence-electron chi connectivity index (χ3n) is 2.87. The molecule has 0 unspecified atom stereocenters. The summed E-state index contributed by atoms with van der Waals surface area (Å²) in [7, 11) is 0. The van der Waals surface area contributed by atoms with E-state index >= 15 is 0 Å². The number of hydrogen-bond donors (Lipinski definition) is 1. The number of halogens is 2. The fourth-order valence-electron chi connectivity index (χ4n) is 1.61. The summed E-state index contributed by atoms with van der Waals surface area (Å²) < 4.78 is 14.6. The third-order valence-corrected chi connectivity index (χ3v) is 3.36. The normalized spacial score (nSPS) is 13.2. The molecular formula is C16H23BrFN. The van der Waals surface area contributed by atoms with Crippen molar-refractivity contribution in [2.75, 3.05) is 6.54 Å². The summed E-state index contributed by atoms with van der Waals surface area (Å²) in [6, 6.07) is 5.17. The number of nitrogens with one attached hydrogen (secondary N) is 1. The number of hydrogen-bond acceptors (Lipinski definition) is 1. The van der Waals surface area contributed by atoms with E-state index in [0.29, 0.717) is 11.5 Å². The molecule has 3 heteroatoms. The van der Waals surface area contributed by atoms with Crippen LogP contribution < -0.4 is 5.32 Å².